The zero-order valence-corrected chi connectivity index (χ0v) is 8.58. The fraction of sp³-hybridized carbons (Fsp3) is 0.100. The molecular formula is C10H9N3O4. The minimum atomic E-state index is -1.82. The van der Waals surface area contributed by atoms with E-state index in [1.807, 2.05) is 0 Å². The second-order valence-electron chi connectivity index (χ2n) is 3.46. The standard InChI is InChI=1S/C10H9N3O4/c14-9-8(13(16)17)6-11-10(15,12-9)7-4-2-1-3-5-7/h1-6,11,15H,(H,12,14). The van der Waals surface area contributed by atoms with Gasteiger partial charge in [-0.2, -0.15) is 0 Å². The van der Waals surface area contributed by atoms with Crippen molar-refractivity contribution in [1.29, 1.82) is 0 Å². The van der Waals surface area contributed by atoms with Crippen LogP contribution in [0.1, 0.15) is 5.56 Å². The van der Waals surface area contributed by atoms with Gasteiger partial charge in [0.05, 0.1) is 11.1 Å². The predicted molar refractivity (Wildman–Crippen MR) is 56.7 cm³/mol. The Hall–Kier alpha value is -2.41. The Balaban J connectivity index is 2.33. The SMILES string of the molecule is O=C1NC(O)(c2ccccc2)NC=C1[N+](=O)[O-]. The maximum atomic E-state index is 11.4. The van der Waals surface area contributed by atoms with Crippen LogP contribution in [0.2, 0.25) is 0 Å². The molecule has 0 saturated carbocycles. The molecule has 1 amide bonds. The zero-order chi connectivity index (χ0) is 12.5. The Labute approximate surface area is 95.9 Å². The van der Waals surface area contributed by atoms with Gasteiger partial charge in [-0.3, -0.25) is 20.2 Å². The lowest BCUT2D eigenvalue weighted by Gasteiger charge is -2.31. The first-order valence-electron chi connectivity index (χ1n) is 4.75. The number of aliphatic hydroxyl groups is 1. The highest BCUT2D eigenvalue weighted by atomic mass is 16.6. The first-order valence-corrected chi connectivity index (χ1v) is 4.75. The summed E-state index contributed by atoms with van der Waals surface area (Å²) in [6, 6.07) is 8.26. The number of benzene rings is 1. The number of nitro groups is 1. The van der Waals surface area contributed by atoms with Crippen LogP contribution in [0.4, 0.5) is 0 Å². The van der Waals surface area contributed by atoms with Crippen LogP contribution in [0.25, 0.3) is 0 Å². The van der Waals surface area contributed by atoms with Gasteiger partial charge in [-0.05, 0) is 0 Å². The van der Waals surface area contributed by atoms with Crippen molar-refractivity contribution in [1.82, 2.24) is 10.6 Å². The van der Waals surface area contributed by atoms with Crippen LogP contribution in [0.3, 0.4) is 0 Å². The van der Waals surface area contributed by atoms with Crippen molar-refractivity contribution in [2.45, 2.75) is 5.85 Å². The van der Waals surface area contributed by atoms with Crippen LogP contribution in [-0.4, -0.2) is 15.9 Å². The molecule has 0 aromatic heterocycles. The predicted octanol–water partition coefficient (Wildman–Crippen LogP) is -0.373. The van der Waals surface area contributed by atoms with Crippen molar-refractivity contribution in [3.63, 3.8) is 0 Å². The first kappa shape index (κ1) is 11.1. The summed E-state index contributed by atoms with van der Waals surface area (Å²) < 4.78 is 0. The monoisotopic (exact) mass is 235 g/mol. The summed E-state index contributed by atoms with van der Waals surface area (Å²) in [6.07, 6.45) is 0.881. The molecule has 0 bridgehead atoms. The Morgan fingerprint density at radius 2 is 1.94 bits per heavy atom. The van der Waals surface area contributed by atoms with E-state index < -0.39 is 22.4 Å². The van der Waals surface area contributed by atoms with Gasteiger partial charge in [-0.1, -0.05) is 30.3 Å². The Kier molecular flexibility index (Phi) is 2.52. The summed E-state index contributed by atoms with van der Waals surface area (Å²) in [7, 11) is 0. The lowest BCUT2D eigenvalue weighted by molar-refractivity contribution is -0.421. The summed E-state index contributed by atoms with van der Waals surface area (Å²) in [5, 5.41) is 25.1. The zero-order valence-electron chi connectivity index (χ0n) is 8.58. The maximum absolute atomic E-state index is 11.4. The summed E-state index contributed by atoms with van der Waals surface area (Å²) in [4.78, 5) is 21.0. The average molecular weight is 235 g/mol. The molecule has 1 aliphatic heterocycles. The van der Waals surface area contributed by atoms with E-state index in [1.54, 1.807) is 30.3 Å². The Morgan fingerprint density at radius 3 is 2.47 bits per heavy atom. The highest BCUT2D eigenvalue weighted by molar-refractivity contribution is 5.92. The van der Waals surface area contributed by atoms with Gasteiger partial charge >= 0.3 is 11.6 Å². The summed E-state index contributed by atoms with van der Waals surface area (Å²) in [6.45, 7) is 0. The van der Waals surface area contributed by atoms with Crippen molar-refractivity contribution in [2.24, 2.45) is 0 Å². The molecule has 1 aromatic rings. The van der Waals surface area contributed by atoms with Crippen LogP contribution < -0.4 is 10.6 Å². The van der Waals surface area contributed by atoms with Gasteiger partial charge in [0.25, 0.3) is 0 Å². The molecule has 0 saturated heterocycles. The van der Waals surface area contributed by atoms with E-state index in [0.29, 0.717) is 5.56 Å². The molecule has 0 radical (unpaired) electrons. The molecule has 17 heavy (non-hydrogen) atoms. The van der Waals surface area contributed by atoms with Crippen LogP contribution in [-0.2, 0) is 10.6 Å². The number of hydrogen-bond acceptors (Lipinski definition) is 5. The minimum absolute atomic E-state index is 0.381. The lowest BCUT2D eigenvalue weighted by Crippen LogP contribution is -2.58. The molecule has 88 valence electrons. The largest absolute Gasteiger partial charge is 0.350 e. The quantitative estimate of drug-likeness (QED) is 0.479. The van der Waals surface area contributed by atoms with E-state index in [-0.39, 0.29) is 0 Å². The fourth-order valence-corrected chi connectivity index (χ4v) is 1.47. The fourth-order valence-electron chi connectivity index (χ4n) is 1.47. The molecule has 1 atom stereocenters. The molecule has 1 aliphatic rings. The first-order chi connectivity index (χ1) is 8.03. The van der Waals surface area contributed by atoms with Crippen molar-refractivity contribution < 1.29 is 14.8 Å². The van der Waals surface area contributed by atoms with Gasteiger partial charge in [0, 0.05) is 5.56 Å². The third-order valence-corrected chi connectivity index (χ3v) is 2.33. The van der Waals surface area contributed by atoms with E-state index in [9.17, 15) is 20.0 Å². The van der Waals surface area contributed by atoms with Crippen molar-refractivity contribution >= 4 is 5.91 Å². The topological polar surface area (TPSA) is 104 Å². The molecule has 7 nitrogen and oxygen atoms in total. The summed E-state index contributed by atoms with van der Waals surface area (Å²) in [5.74, 6) is -2.77. The molecule has 2 rings (SSSR count). The summed E-state index contributed by atoms with van der Waals surface area (Å²) >= 11 is 0. The number of rotatable bonds is 2. The number of hydrogen-bond donors (Lipinski definition) is 3. The van der Waals surface area contributed by atoms with Crippen LogP contribution in [0, 0.1) is 10.1 Å². The number of nitrogens with zero attached hydrogens (tertiary/aromatic N) is 1. The van der Waals surface area contributed by atoms with Crippen LogP contribution in [0.5, 0.6) is 0 Å². The van der Waals surface area contributed by atoms with Crippen LogP contribution in [0.15, 0.2) is 42.2 Å². The van der Waals surface area contributed by atoms with Crippen molar-refractivity contribution in [3.05, 3.63) is 57.9 Å². The highest BCUT2D eigenvalue weighted by Gasteiger charge is 2.39. The Bertz CT molecular complexity index is 500. The van der Waals surface area contributed by atoms with E-state index in [2.05, 4.69) is 10.6 Å². The van der Waals surface area contributed by atoms with Crippen molar-refractivity contribution in [3.8, 4) is 0 Å². The highest BCUT2D eigenvalue weighted by Crippen LogP contribution is 2.18. The molecule has 7 heteroatoms. The third kappa shape index (κ3) is 1.95. The summed E-state index contributed by atoms with van der Waals surface area (Å²) in [5.41, 5.74) is -0.266. The number of amides is 1. The molecule has 1 unspecified atom stereocenters. The Morgan fingerprint density at radius 1 is 1.29 bits per heavy atom. The molecular weight excluding hydrogens is 226 g/mol. The van der Waals surface area contributed by atoms with Gasteiger partial charge in [-0.15, -0.1) is 0 Å². The van der Waals surface area contributed by atoms with E-state index >= 15 is 0 Å². The van der Waals surface area contributed by atoms with Gasteiger partial charge in [0.15, 0.2) is 0 Å². The van der Waals surface area contributed by atoms with E-state index in [1.165, 1.54) is 0 Å². The van der Waals surface area contributed by atoms with E-state index in [0.717, 1.165) is 6.20 Å². The van der Waals surface area contributed by atoms with Gasteiger partial charge in [0.2, 0.25) is 5.85 Å². The van der Waals surface area contributed by atoms with Crippen molar-refractivity contribution in [2.75, 3.05) is 0 Å². The molecule has 0 fully saturated rings. The molecule has 1 heterocycles. The molecule has 0 spiro atoms. The minimum Gasteiger partial charge on any atom is -0.350 e. The number of carbonyl (C=O) groups excluding carboxylic acids is 1. The average Bonchev–Trinajstić information content (AvgIpc) is 2.29. The number of carbonyl (C=O) groups is 1. The maximum Gasteiger partial charge on any atom is 0.349 e. The second kappa shape index (κ2) is 3.87. The van der Waals surface area contributed by atoms with E-state index in [4.69, 9.17) is 0 Å². The van der Waals surface area contributed by atoms with Gasteiger partial charge < -0.3 is 10.4 Å². The lowest BCUT2D eigenvalue weighted by atomic mass is 10.1. The van der Waals surface area contributed by atoms with Gasteiger partial charge in [0.1, 0.15) is 0 Å². The molecule has 0 aliphatic carbocycles. The third-order valence-electron chi connectivity index (χ3n) is 2.33. The van der Waals surface area contributed by atoms with Crippen LogP contribution >= 0.6 is 0 Å². The van der Waals surface area contributed by atoms with Gasteiger partial charge in [-0.25, -0.2) is 0 Å². The normalized spacial score (nSPS) is 23.4. The molecule has 3 N–H and O–H groups in total. The number of nitrogens with one attached hydrogen (secondary N) is 2. The smallest absolute Gasteiger partial charge is 0.349 e. The molecule has 1 aromatic carbocycles. The second-order valence-corrected chi connectivity index (χ2v) is 3.46.